The molecular weight excluding hydrogens is 404 g/mol. The molecule has 2 aliphatic rings. The molecule has 156 valence electrons. The lowest BCUT2D eigenvalue weighted by molar-refractivity contribution is -0.128. The number of aliphatic hydroxyl groups excluding tert-OH is 1. The minimum Gasteiger partial charge on any atom is -0.394 e. The average Bonchev–Trinajstić information content (AvgIpc) is 3.47. The van der Waals surface area contributed by atoms with Crippen molar-refractivity contribution in [1.29, 1.82) is 0 Å². The number of carbonyl (C=O) groups is 1. The fraction of sp³-hybridized carbons (Fsp3) is 0.632. The first-order valence-electron chi connectivity index (χ1n) is 9.68. The van der Waals surface area contributed by atoms with Gasteiger partial charge in [0.15, 0.2) is 0 Å². The summed E-state index contributed by atoms with van der Waals surface area (Å²) in [6.45, 7) is 0.0495. The minimum atomic E-state index is -3.60. The zero-order chi connectivity index (χ0) is 20.1. The van der Waals surface area contributed by atoms with Crippen molar-refractivity contribution in [2.24, 2.45) is 5.92 Å². The van der Waals surface area contributed by atoms with Crippen LogP contribution in [0.3, 0.4) is 0 Å². The van der Waals surface area contributed by atoms with Crippen molar-refractivity contribution in [3.05, 3.63) is 29.3 Å². The number of rotatable bonds is 9. The molecule has 3 rings (SSSR count). The topological polar surface area (TPSA) is 105 Å². The third-order valence-corrected chi connectivity index (χ3v) is 6.92. The summed E-state index contributed by atoms with van der Waals surface area (Å²) in [4.78, 5) is 12.2. The monoisotopic (exact) mass is 430 g/mol. The van der Waals surface area contributed by atoms with Crippen molar-refractivity contribution in [2.45, 2.75) is 61.7 Å². The van der Waals surface area contributed by atoms with Gasteiger partial charge in [0.1, 0.15) is 6.10 Å². The normalized spacial score (nSPS) is 25.4. The molecule has 3 atom stereocenters. The van der Waals surface area contributed by atoms with Crippen LogP contribution >= 0.6 is 11.6 Å². The van der Waals surface area contributed by atoms with Crippen molar-refractivity contribution in [2.75, 3.05) is 13.2 Å². The zero-order valence-corrected chi connectivity index (χ0v) is 17.2. The molecule has 3 N–H and O–H groups in total. The minimum absolute atomic E-state index is 0.0173. The van der Waals surface area contributed by atoms with E-state index in [1.165, 1.54) is 24.3 Å². The Morgan fingerprint density at radius 2 is 1.89 bits per heavy atom. The lowest BCUT2D eigenvalue weighted by Gasteiger charge is -2.36. The quantitative estimate of drug-likeness (QED) is 0.554. The molecule has 0 radical (unpaired) electrons. The van der Waals surface area contributed by atoms with Crippen LogP contribution in [0.1, 0.15) is 38.5 Å². The Hall–Kier alpha value is -1.19. The number of amides is 1. The summed E-state index contributed by atoms with van der Waals surface area (Å²) >= 11 is 5.79. The van der Waals surface area contributed by atoms with Crippen LogP contribution in [0.25, 0.3) is 0 Å². The van der Waals surface area contributed by atoms with Gasteiger partial charge in [-0.1, -0.05) is 11.6 Å². The first-order chi connectivity index (χ1) is 13.4. The predicted octanol–water partition coefficient (Wildman–Crippen LogP) is 1.83. The Morgan fingerprint density at radius 3 is 2.54 bits per heavy atom. The van der Waals surface area contributed by atoms with E-state index in [4.69, 9.17) is 16.3 Å². The molecule has 1 saturated carbocycles. The highest BCUT2D eigenvalue weighted by molar-refractivity contribution is 7.89. The SMILES string of the molecule is O=C(CC1CC1)N[C@@H]1CC[C@@H](CCNS(=O)(=O)c2ccc(Cl)cc2)O[C@@H]1CO. The first-order valence-corrected chi connectivity index (χ1v) is 11.5. The Bertz CT molecular complexity index is 767. The molecule has 1 saturated heterocycles. The molecule has 28 heavy (non-hydrogen) atoms. The molecule has 1 amide bonds. The smallest absolute Gasteiger partial charge is 0.240 e. The number of halogens is 1. The maximum absolute atomic E-state index is 12.3. The van der Waals surface area contributed by atoms with Crippen LogP contribution in [0.5, 0.6) is 0 Å². The second-order valence-corrected chi connectivity index (χ2v) is 9.72. The van der Waals surface area contributed by atoms with Gasteiger partial charge in [-0.05, 0) is 62.3 Å². The summed E-state index contributed by atoms with van der Waals surface area (Å²) in [6.07, 6.45) is 4.05. The molecule has 1 aromatic rings. The number of ether oxygens (including phenoxy) is 1. The van der Waals surface area contributed by atoms with Crippen LogP contribution in [0.4, 0.5) is 0 Å². The van der Waals surface area contributed by atoms with E-state index in [0.29, 0.717) is 36.6 Å². The van der Waals surface area contributed by atoms with Gasteiger partial charge in [-0.25, -0.2) is 13.1 Å². The van der Waals surface area contributed by atoms with E-state index in [1.807, 2.05) is 0 Å². The van der Waals surface area contributed by atoms with Gasteiger partial charge in [0.2, 0.25) is 15.9 Å². The highest BCUT2D eigenvalue weighted by atomic mass is 35.5. The fourth-order valence-electron chi connectivity index (χ4n) is 3.41. The van der Waals surface area contributed by atoms with E-state index >= 15 is 0 Å². The third kappa shape index (κ3) is 6.15. The van der Waals surface area contributed by atoms with E-state index in [0.717, 1.165) is 12.8 Å². The lowest BCUT2D eigenvalue weighted by Crippen LogP contribution is -2.51. The summed E-state index contributed by atoms with van der Waals surface area (Å²) in [5.41, 5.74) is 0. The van der Waals surface area contributed by atoms with Gasteiger partial charge < -0.3 is 15.2 Å². The zero-order valence-electron chi connectivity index (χ0n) is 15.6. The number of hydrogen-bond donors (Lipinski definition) is 3. The van der Waals surface area contributed by atoms with Crippen LogP contribution < -0.4 is 10.0 Å². The fourth-order valence-corrected chi connectivity index (χ4v) is 4.58. The largest absolute Gasteiger partial charge is 0.394 e. The molecule has 7 nitrogen and oxygen atoms in total. The number of hydrogen-bond acceptors (Lipinski definition) is 5. The lowest BCUT2D eigenvalue weighted by atomic mass is 9.97. The molecule has 1 aliphatic carbocycles. The maximum Gasteiger partial charge on any atom is 0.240 e. The van der Waals surface area contributed by atoms with Gasteiger partial charge in [0.05, 0.1) is 23.6 Å². The van der Waals surface area contributed by atoms with Crippen LogP contribution in [-0.4, -0.2) is 50.8 Å². The van der Waals surface area contributed by atoms with Gasteiger partial charge in [-0.2, -0.15) is 0 Å². The van der Waals surface area contributed by atoms with Crippen LogP contribution in [0, 0.1) is 5.92 Å². The number of carbonyl (C=O) groups excluding carboxylic acids is 1. The molecular formula is C19H27ClN2O5S. The van der Waals surface area contributed by atoms with E-state index in [2.05, 4.69) is 10.0 Å². The Balaban J connectivity index is 1.44. The molecule has 1 heterocycles. The number of aliphatic hydroxyl groups is 1. The van der Waals surface area contributed by atoms with Crippen molar-refractivity contribution in [3.8, 4) is 0 Å². The highest BCUT2D eigenvalue weighted by Crippen LogP contribution is 2.32. The van der Waals surface area contributed by atoms with Gasteiger partial charge in [-0.15, -0.1) is 0 Å². The predicted molar refractivity (Wildman–Crippen MR) is 106 cm³/mol. The van der Waals surface area contributed by atoms with Crippen molar-refractivity contribution < 1.29 is 23.1 Å². The molecule has 0 bridgehead atoms. The van der Waals surface area contributed by atoms with Crippen molar-refractivity contribution >= 4 is 27.5 Å². The van der Waals surface area contributed by atoms with E-state index < -0.39 is 16.1 Å². The van der Waals surface area contributed by atoms with Gasteiger partial charge in [-0.3, -0.25) is 4.79 Å². The summed E-state index contributed by atoms with van der Waals surface area (Å²) in [7, 11) is -3.60. The van der Waals surface area contributed by atoms with Gasteiger partial charge in [0.25, 0.3) is 0 Å². The van der Waals surface area contributed by atoms with Crippen molar-refractivity contribution in [3.63, 3.8) is 0 Å². The Morgan fingerprint density at radius 1 is 1.18 bits per heavy atom. The summed E-state index contributed by atoms with van der Waals surface area (Å²) in [6, 6.07) is 5.78. The number of nitrogens with one attached hydrogen (secondary N) is 2. The molecule has 1 aliphatic heterocycles. The number of benzene rings is 1. The summed E-state index contributed by atoms with van der Waals surface area (Å²) < 4.78 is 33.0. The highest BCUT2D eigenvalue weighted by Gasteiger charge is 2.33. The summed E-state index contributed by atoms with van der Waals surface area (Å²) in [5, 5.41) is 13.1. The van der Waals surface area contributed by atoms with Crippen LogP contribution in [0.15, 0.2) is 29.2 Å². The Kier molecular flexibility index (Phi) is 7.33. The van der Waals surface area contributed by atoms with E-state index in [-0.39, 0.29) is 36.1 Å². The molecule has 2 fully saturated rings. The van der Waals surface area contributed by atoms with E-state index in [9.17, 15) is 18.3 Å². The second kappa shape index (κ2) is 9.54. The maximum atomic E-state index is 12.3. The first kappa shape index (κ1) is 21.5. The Labute approximate surface area is 170 Å². The molecule has 0 spiro atoms. The molecule has 0 aromatic heterocycles. The second-order valence-electron chi connectivity index (χ2n) is 7.52. The third-order valence-electron chi connectivity index (χ3n) is 5.20. The summed E-state index contributed by atoms with van der Waals surface area (Å²) in [5.74, 6) is 0.530. The average molecular weight is 431 g/mol. The standard InChI is InChI=1S/C19H27ClN2O5S/c20-14-3-6-16(7-4-14)28(25,26)21-10-9-15-5-8-17(18(12-23)27-15)22-19(24)11-13-1-2-13/h3-4,6-7,13,15,17-18,21,23H,1-2,5,8-12H2,(H,22,24)/t15-,17+,18+/m0/s1. The van der Waals surface area contributed by atoms with Crippen LogP contribution in [-0.2, 0) is 19.6 Å². The molecule has 1 aromatic carbocycles. The van der Waals surface area contributed by atoms with Gasteiger partial charge >= 0.3 is 0 Å². The molecule has 0 unspecified atom stereocenters. The molecule has 9 heteroatoms. The van der Waals surface area contributed by atoms with Gasteiger partial charge in [0, 0.05) is 18.0 Å². The van der Waals surface area contributed by atoms with Crippen molar-refractivity contribution in [1.82, 2.24) is 10.0 Å². The van der Waals surface area contributed by atoms with E-state index in [1.54, 1.807) is 0 Å². The number of sulfonamides is 1. The van der Waals surface area contributed by atoms with Crippen LogP contribution in [0.2, 0.25) is 5.02 Å².